The standard InChI is InChI=1S/C39H41N7O3/c1-20(2)35(45(3)39(48)49)38(47)46-33-16-28(33)17-34(46)37-41-19-32(44-37)26-11-10-24-12-23(8-9-25(24)13-26)21-4-6-22(7-5-21)31-18-40-36(43-31)30-15-27-14-29(27)42-30/h4-13,18-20,27-30,33-35,42H,14-17H2,1-3H3,(H,40,43)(H,41,44)(H,48,49)/t27-,28-,29-,30+,33-,34+,35+/m1/s1. The third-order valence-corrected chi connectivity index (χ3v) is 11.3. The fraction of sp³-hybridized carbons (Fsp3) is 0.385. The van der Waals surface area contributed by atoms with Crippen LogP contribution in [0.15, 0.2) is 73.1 Å². The number of benzene rings is 3. The highest BCUT2D eigenvalue weighted by molar-refractivity contribution is 5.91. The van der Waals surface area contributed by atoms with Gasteiger partial charge in [-0.15, -0.1) is 0 Å². The molecule has 7 atom stereocenters. The molecular weight excluding hydrogens is 614 g/mol. The van der Waals surface area contributed by atoms with Gasteiger partial charge in [-0.05, 0) is 83.0 Å². The summed E-state index contributed by atoms with van der Waals surface area (Å²) in [6.07, 6.45) is 7.07. The van der Waals surface area contributed by atoms with Crippen molar-refractivity contribution in [3.63, 3.8) is 0 Å². The number of carbonyl (C=O) groups excluding carboxylic acids is 1. The molecule has 2 aliphatic carbocycles. The highest BCUT2D eigenvalue weighted by Crippen LogP contribution is 2.53. The lowest BCUT2D eigenvalue weighted by atomic mass is 9.98. The SMILES string of the molecule is CC(C)[C@@H](C(=O)N1[C@@H]2C[C@@H]2C[C@H]1c1nc(-c2ccc3cc(-c4ccc(-c5cnc([C@@H]6C[C@H]7C[C@H]7N6)[nH]5)cc4)ccc3c2)c[nH]1)N(C)C(=O)O. The van der Waals surface area contributed by atoms with Crippen molar-refractivity contribution in [2.45, 2.75) is 69.7 Å². The zero-order valence-corrected chi connectivity index (χ0v) is 27.9. The number of aromatic amines is 2. The molecule has 5 aromatic rings. The lowest BCUT2D eigenvalue weighted by Crippen LogP contribution is -2.52. The smallest absolute Gasteiger partial charge is 0.407 e. The minimum Gasteiger partial charge on any atom is -0.465 e. The van der Waals surface area contributed by atoms with Crippen LogP contribution in [0.2, 0.25) is 0 Å². The van der Waals surface area contributed by atoms with E-state index in [1.165, 1.54) is 19.9 Å². The van der Waals surface area contributed by atoms with Gasteiger partial charge in [-0.1, -0.05) is 62.4 Å². The maximum Gasteiger partial charge on any atom is 0.407 e. The molecule has 2 saturated heterocycles. The number of nitrogens with zero attached hydrogens (tertiary/aromatic N) is 4. The highest BCUT2D eigenvalue weighted by Gasteiger charge is 2.56. The summed E-state index contributed by atoms with van der Waals surface area (Å²) in [4.78, 5) is 45.2. The molecule has 0 unspecified atom stereocenters. The molecule has 4 N–H and O–H groups in total. The summed E-state index contributed by atoms with van der Waals surface area (Å²) in [6.45, 7) is 3.79. The maximum absolute atomic E-state index is 13.8. The second-order valence-electron chi connectivity index (χ2n) is 14.9. The molecule has 2 saturated carbocycles. The third-order valence-electron chi connectivity index (χ3n) is 11.3. The van der Waals surface area contributed by atoms with Crippen LogP contribution >= 0.6 is 0 Å². The Kier molecular flexibility index (Phi) is 6.95. The van der Waals surface area contributed by atoms with Gasteiger partial charge >= 0.3 is 6.09 Å². The molecule has 49 heavy (non-hydrogen) atoms. The number of amides is 2. The van der Waals surface area contributed by atoms with E-state index >= 15 is 0 Å². The lowest BCUT2D eigenvalue weighted by Gasteiger charge is -2.35. The Bertz CT molecular complexity index is 2070. The predicted octanol–water partition coefficient (Wildman–Crippen LogP) is 7.01. The summed E-state index contributed by atoms with van der Waals surface area (Å²) in [5.74, 6) is 2.80. The van der Waals surface area contributed by atoms with E-state index in [-0.39, 0.29) is 23.9 Å². The van der Waals surface area contributed by atoms with Crippen molar-refractivity contribution in [1.29, 1.82) is 0 Å². The van der Waals surface area contributed by atoms with Gasteiger partial charge < -0.3 is 25.3 Å². The molecule has 9 rings (SSSR count). The van der Waals surface area contributed by atoms with Crippen molar-refractivity contribution < 1.29 is 14.7 Å². The first-order valence-corrected chi connectivity index (χ1v) is 17.5. The zero-order chi connectivity index (χ0) is 33.6. The zero-order valence-electron chi connectivity index (χ0n) is 27.9. The molecule has 2 aromatic heterocycles. The normalized spacial score (nSPS) is 25.8. The van der Waals surface area contributed by atoms with Crippen LogP contribution in [-0.2, 0) is 4.79 Å². The topological polar surface area (TPSA) is 130 Å². The molecule has 2 aliphatic heterocycles. The minimum atomic E-state index is -1.09. The van der Waals surface area contributed by atoms with Gasteiger partial charge in [-0.25, -0.2) is 14.8 Å². The summed E-state index contributed by atoms with van der Waals surface area (Å²) in [5, 5.41) is 15.6. The monoisotopic (exact) mass is 655 g/mol. The van der Waals surface area contributed by atoms with Gasteiger partial charge in [0.2, 0.25) is 5.91 Å². The van der Waals surface area contributed by atoms with Crippen LogP contribution in [-0.4, -0.2) is 72.0 Å². The van der Waals surface area contributed by atoms with E-state index in [1.54, 1.807) is 0 Å². The number of hydrogen-bond acceptors (Lipinski definition) is 5. The highest BCUT2D eigenvalue weighted by atomic mass is 16.4. The number of carbonyl (C=O) groups is 2. The molecule has 0 spiro atoms. The van der Waals surface area contributed by atoms with Crippen molar-refractivity contribution in [3.8, 4) is 33.6 Å². The number of likely N-dealkylation sites (tertiary alicyclic amines) is 1. The van der Waals surface area contributed by atoms with E-state index < -0.39 is 12.1 Å². The van der Waals surface area contributed by atoms with Gasteiger partial charge in [0.25, 0.3) is 0 Å². The Balaban J connectivity index is 0.913. The minimum absolute atomic E-state index is 0.132. The Hall–Kier alpha value is -4.96. The molecule has 10 heteroatoms. The average Bonchev–Trinajstić information content (AvgIpc) is 3.65. The van der Waals surface area contributed by atoms with E-state index in [1.807, 2.05) is 31.1 Å². The van der Waals surface area contributed by atoms with Crippen LogP contribution in [0.4, 0.5) is 4.79 Å². The molecule has 4 fully saturated rings. The van der Waals surface area contributed by atoms with Crippen LogP contribution in [0, 0.1) is 17.8 Å². The quantitative estimate of drug-likeness (QED) is 0.142. The van der Waals surface area contributed by atoms with Crippen molar-refractivity contribution in [2.75, 3.05) is 7.05 Å². The number of piperidine rings is 2. The first-order valence-electron chi connectivity index (χ1n) is 17.5. The first kappa shape index (κ1) is 30.1. The molecule has 0 radical (unpaired) electrons. The fourth-order valence-corrected chi connectivity index (χ4v) is 8.46. The van der Waals surface area contributed by atoms with Crippen molar-refractivity contribution in [2.24, 2.45) is 17.8 Å². The summed E-state index contributed by atoms with van der Waals surface area (Å²) < 4.78 is 0. The predicted molar refractivity (Wildman–Crippen MR) is 187 cm³/mol. The Morgan fingerprint density at radius 3 is 2.31 bits per heavy atom. The summed E-state index contributed by atoms with van der Waals surface area (Å²) in [5.41, 5.74) is 6.32. The largest absolute Gasteiger partial charge is 0.465 e. The number of fused-ring (bicyclic) bond motifs is 3. The van der Waals surface area contributed by atoms with Crippen molar-refractivity contribution >= 4 is 22.8 Å². The molecular formula is C39H41N7O3. The number of H-pyrrole nitrogens is 2. The van der Waals surface area contributed by atoms with Gasteiger partial charge in [-0.3, -0.25) is 9.69 Å². The lowest BCUT2D eigenvalue weighted by molar-refractivity contribution is -0.139. The van der Waals surface area contributed by atoms with Crippen LogP contribution < -0.4 is 5.32 Å². The number of nitrogens with one attached hydrogen (secondary N) is 3. The van der Waals surface area contributed by atoms with Gasteiger partial charge in [0.15, 0.2) is 0 Å². The van der Waals surface area contributed by atoms with Gasteiger partial charge in [0, 0.05) is 30.9 Å². The van der Waals surface area contributed by atoms with Crippen LogP contribution in [0.5, 0.6) is 0 Å². The fourth-order valence-electron chi connectivity index (χ4n) is 8.46. The molecule has 4 aliphatic rings. The van der Waals surface area contributed by atoms with Crippen LogP contribution in [0.25, 0.3) is 44.4 Å². The summed E-state index contributed by atoms with van der Waals surface area (Å²) >= 11 is 0. The number of rotatable bonds is 8. The first-order chi connectivity index (χ1) is 23.7. The van der Waals surface area contributed by atoms with E-state index in [2.05, 4.69) is 80.9 Å². The third kappa shape index (κ3) is 5.29. The summed E-state index contributed by atoms with van der Waals surface area (Å²) in [7, 11) is 1.48. The van der Waals surface area contributed by atoms with Gasteiger partial charge in [0.1, 0.15) is 17.7 Å². The van der Waals surface area contributed by atoms with Gasteiger partial charge in [0.05, 0.1) is 29.7 Å². The number of aromatic nitrogens is 4. The van der Waals surface area contributed by atoms with Gasteiger partial charge in [-0.2, -0.15) is 0 Å². The second kappa shape index (κ2) is 11.3. The Morgan fingerprint density at radius 2 is 1.59 bits per heavy atom. The average molecular weight is 656 g/mol. The molecule has 3 aromatic carbocycles. The molecule has 10 nitrogen and oxygen atoms in total. The van der Waals surface area contributed by atoms with Crippen LogP contribution in [0.3, 0.4) is 0 Å². The number of hydrogen-bond donors (Lipinski definition) is 4. The Morgan fingerprint density at radius 1 is 0.878 bits per heavy atom. The Labute approximate surface area is 285 Å². The second-order valence-corrected chi connectivity index (χ2v) is 14.9. The molecule has 4 heterocycles. The molecule has 250 valence electrons. The number of carboxylic acid groups (broad SMARTS) is 1. The van der Waals surface area contributed by atoms with Crippen molar-refractivity contribution in [3.05, 3.63) is 84.7 Å². The molecule has 0 bridgehead atoms. The van der Waals surface area contributed by atoms with Crippen LogP contribution in [0.1, 0.15) is 63.3 Å². The molecule has 2 amide bonds. The van der Waals surface area contributed by atoms with E-state index in [0.717, 1.165) is 79.7 Å². The van der Waals surface area contributed by atoms with Crippen molar-refractivity contribution in [1.82, 2.24) is 35.1 Å². The number of imidazole rings is 2. The number of likely N-dealkylation sites (N-methyl/N-ethyl adjacent to an activating group) is 1. The maximum atomic E-state index is 13.8. The van der Waals surface area contributed by atoms with E-state index in [9.17, 15) is 14.7 Å². The van der Waals surface area contributed by atoms with E-state index in [0.29, 0.717) is 18.0 Å². The summed E-state index contributed by atoms with van der Waals surface area (Å²) in [6, 6.07) is 21.9. The van der Waals surface area contributed by atoms with E-state index in [4.69, 9.17) is 4.98 Å².